The van der Waals surface area contributed by atoms with E-state index in [0.29, 0.717) is 60.7 Å². The van der Waals surface area contributed by atoms with Crippen LogP contribution < -0.4 is 0 Å². The lowest BCUT2D eigenvalue weighted by Gasteiger charge is -2.43. The van der Waals surface area contributed by atoms with E-state index in [1.54, 1.807) is 0 Å². The van der Waals surface area contributed by atoms with Gasteiger partial charge in [-0.2, -0.15) is 0 Å². The second-order valence-corrected chi connectivity index (χ2v) is 14.0. The van der Waals surface area contributed by atoms with Crippen LogP contribution in [0.15, 0.2) is 60.7 Å². The standard InChI is InChI=1S/C41H32O26/c42-17-1-12(2-18(43)28(17)52)36(57)62-11-27-33(64-37(58)13-3-19(44)29(53)20(45)4-13)34(65-38(59)14-5-21(46)30(54)22(47)6-14)35(66-39(60)15-7-23(48)31(55)24(49)8-15)41(63-27)67-40(61)16-9-25(50)32(56)26(51)10-16/h1-10,27,33-35,41-56H,11H2/t27?,33-,34-,35?,41-/m1/s1. The molecule has 6 rings (SSSR count). The van der Waals surface area contributed by atoms with Gasteiger partial charge in [-0.3, -0.25) is 0 Å². The fourth-order valence-corrected chi connectivity index (χ4v) is 6.11. The minimum absolute atomic E-state index is 0.534. The number of aromatic hydroxyl groups is 15. The lowest BCUT2D eigenvalue weighted by molar-refractivity contribution is -0.282. The molecule has 1 saturated heterocycles. The molecule has 67 heavy (non-hydrogen) atoms. The molecule has 0 spiro atoms. The van der Waals surface area contributed by atoms with Crippen molar-refractivity contribution >= 4 is 29.8 Å². The van der Waals surface area contributed by atoms with Crippen molar-refractivity contribution in [2.75, 3.05) is 6.61 Å². The van der Waals surface area contributed by atoms with Crippen LogP contribution in [0.4, 0.5) is 0 Å². The average molecular weight is 941 g/mol. The van der Waals surface area contributed by atoms with Gasteiger partial charge in [0.05, 0.1) is 27.8 Å². The topological polar surface area (TPSA) is 444 Å². The zero-order chi connectivity index (χ0) is 49.3. The van der Waals surface area contributed by atoms with Gasteiger partial charge in [0, 0.05) is 0 Å². The molecule has 0 amide bonds. The van der Waals surface area contributed by atoms with Crippen LogP contribution in [0.25, 0.3) is 0 Å². The largest absolute Gasteiger partial charge is 0.504 e. The SMILES string of the molecule is O=C(OCC1O[C@H](OC(=O)c2cc(O)c(O)c(O)c2)C(OC(=O)c2cc(O)c(O)c(O)c2)[C@H](OC(=O)c2cc(O)c(O)c(O)c2)[C@@H]1OC(=O)c1cc(O)c(O)c(O)c1)c1cc(O)c(O)c(O)c1. The highest BCUT2D eigenvalue weighted by molar-refractivity contribution is 5.94. The van der Waals surface area contributed by atoms with Crippen LogP contribution in [0.2, 0.25) is 0 Å². The number of phenolic OH excluding ortho intramolecular Hbond substituents is 15. The highest BCUT2D eigenvalue weighted by Gasteiger charge is 2.55. The first kappa shape index (κ1) is 46.9. The van der Waals surface area contributed by atoms with E-state index in [1.807, 2.05) is 0 Å². The Kier molecular flexibility index (Phi) is 12.8. The number of hydrogen-bond donors (Lipinski definition) is 15. The van der Waals surface area contributed by atoms with Gasteiger partial charge in [0.25, 0.3) is 0 Å². The highest BCUT2D eigenvalue weighted by atomic mass is 16.7. The molecule has 0 aromatic heterocycles. The fraction of sp³-hybridized carbons (Fsp3) is 0.146. The van der Waals surface area contributed by atoms with Crippen molar-refractivity contribution in [1.29, 1.82) is 0 Å². The quantitative estimate of drug-likeness (QED) is 0.0509. The van der Waals surface area contributed by atoms with Crippen molar-refractivity contribution in [2.45, 2.75) is 30.7 Å². The zero-order valence-electron chi connectivity index (χ0n) is 33.1. The van der Waals surface area contributed by atoms with Gasteiger partial charge < -0.3 is 105 Å². The second-order valence-electron chi connectivity index (χ2n) is 14.0. The Bertz CT molecular complexity index is 2720. The predicted molar refractivity (Wildman–Crippen MR) is 209 cm³/mol. The number of phenols is 15. The van der Waals surface area contributed by atoms with Gasteiger partial charge in [-0.25, -0.2) is 24.0 Å². The van der Waals surface area contributed by atoms with E-state index in [-0.39, 0.29) is 0 Å². The average Bonchev–Trinajstić information content (AvgIpc) is 3.27. The first-order valence-corrected chi connectivity index (χ1v) is 18.4. The third-order valence-electron chi connectivity index (χ3n) is 9.45. The Balaban J connectivity index is 1.52. The normalized spacial score (nSPS) is 17.7. The van der Waals surface area contributed by atoms with Crippen LogP contribution in [0.5, 0.6) is 86.2 Å². The molecule has 0 radical (unpaired) electrons. The van der Waals surface area contributed by atoms with E-state index >= 15 is 0 Å². The van der Waals surface area contributed by atoms with Crippen molar-refractivity contribution in [3.05, 3.63) is 88.5 Å². The number of rotatable bonds is 11. The Morgan fingerprint density at radius 2 is 0.582 bits per heavy atom. The van der Waals surface area contributed by atoms with Gasteiger partial charge in [-0.05, 0) is 60.7 Å². The molecular formula is C41H32O26. The third-order valence-corrected chi connectivity index (χ3v) is 9.45. The van der Waals surface area contributed by atoms with Gasteiger partial charge in [-0.1, -0.05) is 0 Å². The van der Waals surface area contributed by atoms with Gasteiger partial charge in [0.2, 0.25) is 12.4 Å². The molecule has 1 heterocycles. The Morgan fingerprint density at radius 1 is 0.343 bits per heavy atom. The molecule has 5 aromatic carbocycles. The molecule has 0 bridgehead atoms. The summed E-state index contributed by atoms with van der Waals surface area (Å²) in [6.07, 6.45) is -12.2. The highest BCUT2D eigenvalue weighted by Crippen LogP contribution is 2.41. The van der Waals surface area contributed by atoms with Gasteiger partial charge >= 0.3 is 29.8 Å². The molecule has 0 saturated carbocycles. The number of benzene rings is 5. The summed E-state index contributed by atoms with van der Waals surface area (Å²) < 4.78 is 33.2. The van der Waals surface area contributed by atoms with Crippen LogP contribution in [0.1, 0.15) is 51.8 Å². The zero-order valence-corrected chi connectivity index (χ0v) is 33.1. The molecule has 352 valence electrons. The molecule has 0 aliphatic carbocycles. The second kappa shape index (κ2) is 18.3. The maximum atomic E-state index is 13.9. The molecular weight excluding hydrogens is 908 g/mol. The van der Waals surface area contributed by atoms with Crippen molar-refractivity contribution in [1.82, 2.24) is 0 Å². The van der Waals surface area contributed by atoms with Gasteiger partial charge in [0.1, 0.15) is 12.7 Å². The Hall–Kier alpha value is -9.59. The van der Waals surface area contributed by atoms with Crippen molar-refractivity contribution in [3.8, 4) is 86.2 Å². The maximum absolute atomic E-state index is 13.9. The minimum Gasteiger partial charge on any atom is -0.504 e. The molecule has 1 aliphatic rings. The number of hydrogen-bond acceptors (Lipinski definition) is 26. The summed E-state index contributed by atoms with van der Waals surface area (Å²) in [6.45, 7) is -1.25. The summed E-state index contributed by atoms with van der Waals surface area (Å²) in [5, 5.41) is 150. The lowest BCUT2D eigenvalue weighted by atomic mass is 9.97. The maximum Gasteiger partial charge on any atom is 0.340 e. The fourth-order valence-electron chi connectivity index (χ4n) is 6.11. The van der Waals surface area contributed by atoms with Crippen molar-refractivity contribution in [3.63, 3.8) is 0 Å². The number of esters is 5. The van der Waals surface area contributed by atoms with E-state index in [0.717, 1.165) is 0 Å². The summed E-state index contributed by atoms with van der Waals surface area (Å²) in [5.74, 6) is -24.5. The number of carbonyl (C=O) groups excluding carboxylic acids is 5. The van der Waals surface area contributed by atoms with Crippen molar-refractivity contribution < 1.29 is 129 Å². The molecule has 1 fully saturated rings. The molecule has 5 atom stereocenters. The summed E-state index contributed by atoms with van der Waals surface area (Å²) in [5.41, 5.74) is -3.88. The lowest BCUT2D eigenvalue weighted by Crippen LogP contribution is -2.63. The van der Waals surface area contributed by atoms with E-state index in [1.165, 1.54) is 0 Å². The van der Waals surface area contributed by atoms with Crippen LogP contribution in [-0.4, -0.2) is 144 Å². The molecule has 5 aromatic rings. The first-order chi connectivity index (χ1) is 31.4. The third kappa shape index (κ3) is 9.67. The summed E-state index contributed by atoms with van der Waals surface area (Å²) in [6, 6.07) is 5.60. The van der Waals surface area contributed by atoms with Gasteiger partial charge in [0.15, 0.2) is 98.5 Å². The van der Waals surface area contributed by atoms with Crippen LogP contribution >= 0.6 is 0 Å². The van der Waals surface area contributed by atoms with E-state index in [2.05, 4.69) is 0 Å². The summed E-state index contributed by atoms with van der Waals surface area (Å²) in [4.78, 5) is 68.5. The molecule has 15 N–H and O–H groups in total. The smallest absolute Gasteiger partial charge is 0.340 e. The summed E-state index contributed by atoms with van der Waals surface area (Å²) in [7, 11) is 0. The molecule has 2 unspecified atom stereocenters. The van der Waals surface area contributed by atoms with Crippen LogP contribution in [0.3, 0.4) is 0 Å². The number of carbonyl (C=O) groups is 5. The van der Waals surface area contributed by atoms with Crippen LogP contribution in [-0.2, 0) is 28.4 Å². The Morgan fingerprint density at radius 3 is 0.881 bits per heavy atom. The monoisotopic (exact) mass is 940 g/mol. The van der Waals surface area contributed by atoms with Gasteiger partial charge in [-0.15, -0.1) is 0 Å². The minimum atomic E-state index is -2.56. The van der Waals surface area contributed by atoms with E-state index < -0.39 is 181 Å². The van der Waals surface area contributed by atoms with Crippen LogP contribution in [0, 0.1) is 0 Å². The van der Waals surface area contributed by atoms with E-state index in [4.69, 9.17) is 28.4 Å². The summed E-state index contributed by atoms with van der Waals surface area (Å²) >= 11 is 0. The number of ether oxygens (including phenoxy) is 6. The predicted octanol–water partition coefficient (Wildman–Crippen LogP) is 1.69. The van der Waals surface area contributed by atoms with E-state index in [9.17, 15) is 101 Å². The molecule has 1 aliphatic heterocycles. The Labute approximate surface area is 370 Å². The van der Waals surface area contributed by atoms with Crippen molar-refractivity contribution in [2.24, 2.45) is 0 Å². The molecule has 26 nitrogen and oxygen atoms in total. The first-order valence-electron chi connectivity index (χ1n) is 18.4. The molecule has 26 heteroatoms.